The van der Waals surface area contributed by atoms with E-state index in [-0.39, 0.29) is 0 Å². The summed E-state index contributed by atoms with van der Waals surface area (Å²) in [6, 6.07) is 0. The molecular weight excluding hydrogens is 272 g/mol. The van der Waals surface area contributed by atoms with Crippen LogP contribution in [0.5, 0.6) is 0 Å². The van der Waals surface area contributed by atoms with Gasteiger partial charge in [0, 0.05) is 13.7 Å². The van der Waals surface area contributed by atoms with Gasteiger partial charge in [0.2, 0.25) is 0 Å². The summed E-state index contributed by atoms with van der Waals surface area (Å²) in [6.45, 7) is 4.84. The van der Waals surface area contributed by atoms with Crippen molar-refractivity contribution in [3.05, 3.63) is 0 Å². The number of hydrogen-bond donors (Lipinski definition) is 1. The lowest BCUT2D eigenvalue weighted by atomic mass is 9.67. The molecule has 0 amide bonds. The topological polar surface area (TPSA) is 65.0 Å². The van der Waals surface area contributed by atoms with Gasteiger partial charge in [-0.1, -0.05) is 26.2 Å². The van der Waals surface area contributed by atoms with Gasteiger partial charge in [0.15, 0.2) is 0 Å². The fraction of sp³-hybridized carbons (Fsp3) is 0.938. The Kier molecular flexibility index (Phi) is 8.88. The highest BCUT2D eigenvalue weighted by Crippen LogP contribution is 2.43. The Balaban J connectivity index is 2.24. The van der Waals surface area contributed by atoms with E-state index in [1.807, 2.05) is 0 Å². The average molecular weight is 302 g/mol. The van der Waals surface area contributed by atoms with Crippen molar-refractivity contribution in [1.29, 1.82) is 0 Å². The zero-order chi connectivity index (χ0) is 15.6. The second-order valence-electron chi connectivity index (χ2n) is 5.92. The van der Waals surface area contributed by atoms with Crippen molar-refractivity contribution in [2.45, 2.75) is 45.4 Å². The number of carboxylic acids is 1. The molecule has 2 unspecified atom stereocenters. The monoisotopic (exact) mass is 302 g/mol. The molecule has 124 valence electrons. The maximum Gasteiger partial charge on any atom is 0.309 e. The number of methoxy groups -OCH3 is 1. The zero-order valence-corrected chi connectivity index (χ0v) is 13.4. The summed E-state index contributed by atoms with van der Waals surface area (Å²) in [5.74, 6) is -0.104. The number of hydrogen-bond acceptors (Lipinski definition) is 4. The van der Waals surface area contributed by atoms with Crippen molar-refractivity contribution < 1.29 is 24.1 Å². The van der Waals surface area contributed by atoms with Gasteiger partial charge < -0.3 is 19.3 Å². The Labute approximate surface area is 128 Å². The Hall–Kier alpha value is -0.650. The first-order chi connectivity index (χ1) is 10.1. The highest BCUT2D eigenvalue weighted by Gasteiger charge is 2.41. The van der Waals surface area contributed by atoms with Gasteiger partial charge in [0.25, 0.3) is 0 Å². The molecule has 1 N–H and O–H groups in total. The van der Waals surface area contributed by atoms with Gasteiger partial charge in [0.05, 0.1) is 31.8 Å². The second kappa shape index (κ2) is 10.1. The normalized spacial score (nSPS) is 25.9. The Morgan fingerprint density at radius 1 is 1.19 bits per heavy atom. The minimum absolute atomic E-state index is 0.496. The third-order valence-corrected chi connectivity index (χ3v) is 4.51. The van der Waals surface area contributed by atoms with Crippen LogP contribution in [0.1, 0.15) is 45.4 Å². The van der Waals surface area contributed by atoms with Crippen LogP contribution in [0.2, 0.25) is 0 Å². The third-order valence-electron chi connectivity index (χ3n) is 4.51. The summed E-state index contributed by atoms with van der Waals surface area (Å²) in [5, 5.41) is 9.61. The maximum atomic E-state index is 11.7. The molecule has 1 rings (SSSR count). The first-order valence-corrected chi connectivity index (χ1v) is 8.02. The van der Waals surface area contributed by atoms with Gasteiger partial charge in [-0.3, -0.25) is 4.79 Å². The standard InChI is InChI=1S/C16H30O5/c1-3-14-5-4-6-16(13-14,15(17)18)7-8-20-11-12-21-10-9-19-2/h14H,3-13H2,1-2H3,(H,17,18). The summed E-state index contributed by atoms with van der Waals surface area (Å²) in [5.41, 5.74) is -0.574. The molecule has 0 heterocycles. The molecule has 0 spiro atoms. The van der Waals surface area contributed by atoms with Crippen LogP contribution >= 0.6 is 0 Å². The maximum absolute atomic E-state index is 11.7. The lowest BCUT2D eigenvalue weighted by Gasteiger charge is -2.37. The number of rotatable bonds is 11. The van der Waals surface area contributed by atoms with Crippen LogP contribution in [-0.4, -0.2) is 51.2 Å². The molecular formula is C16H30O5. The van der Waals surface area contributed by atoms with Crippen LogP contribution in [0.25, 0.3) is 0 Å². The van der Waals surface area contributed by atoms with E-state index in [9.17, 15) is 9.90 Å². The van der Waals surface area contributed by atoms with E-state index in [1.54, 1.807) is 7.11 Å². The third kappa shape index (κ3) is 6.32. The Morgan fingerprint density at radius 2 is 1.86 bits per heavy atom. The second-order valence-corrected chi connectivity index (χ2v) is 5.92. The molecule has 0 bridgehead atoms. The quantitative estimate of drug-likeness (QED) is 0.594. The lowest BCUT2D eigenvalue weighted by Crippen LogP contribution is -2.37. The summed E-state index contributed by atoms with van der Waals surface area (Å²) in [4.78, 5) is 11.7. The van der Waals surface area contributed by atoms with E-state index < -0.39 is 11.4 Å². The largest absolute Gasteiger partial charge is 0.481 e. The van der Waals surface area contributed by atoms with Gasteiger partial charge in [-0.25, -0.2) is 0 Å². The molecule has 1 saturated carbocycles. The first kappa shape index (κ1) is 18.4. The predicted octanol–water partition coefficient (Wildman–Crippen LogP) is 2.73. The zero-order valence-electron chi connectivity index (χ0n) is 13.4. The minimum atomic E-state index is -0.652. The van der Waals surface area contributed by atoms with Crippen molar-refractivity contribution >= 4 is 5.97 Å². The fourth-order valence-electron chi connectivity index (χ4n) is 3.09. The van der Waals surface area contributed by atoms with E-state index in [0.29, 0.717) is 45.4 Å². The molecule has 0 saturated heterocycles. The van der Waals surface area contributed by atoms with Gasteiger partial charge in [0.1, 0.15) is 0 Å². The van der Waals surface area contributed by atoms with Crippen LogP contribution in [-0.2, 0) is 19.0 Å². The van der Waals surface area contributed by atoms with Crippen molar-refractivity contribution in [3.8, 4) is 0 Å². The Bertz CT molecular complexity index is 294. The fourth-order valence-corrected chi connectivity index (χ4v) is 3.09. The van der Waals surface area contributed by atoms with Crippen molar-refractivity contribution in [2.75, 3.05) is 40.1 Å². The molecule has 21 heavy (non-hydrogen) atoms. The summed E-state index contributed by atoms with van der Waals surface area (Å²) < 4.78 is 15.7. The lowest BCUT2D eigenvalue weighted by molar-refractivity contribution is -0.154. The number of carboxylic acid groups (broad SMARTS) is 1. The molecule has 5 heteroatoms. The molecule has 0 aliphatic heterocycles. The summed E-state index contributed by atoms with van der Waals surface area (Å²) in [6.07, 6.45) is 5.45. The highest BCUT2D eigenvalue weighted by molar-refractivity contribution is 5.74. The van der Waals surface area contributed by atoms with Crippen LogP contribution in [0.3, 0.4) is 0 Å². The van der Waals surface area contributed by atoms with Crippen molar-refractivity contribution in [3.63, 3.8) is 0 Å². The molecule has 1 aliphatic carbocycles. The van der Waals surface area contributed by atoms with Crippen LogP contribution in [0.4, 0.5) is 0 Å². The average Bonchev–Trinajstić information content (AvgIpc) is 2.50. The Morgan fingerprint density at radius 3 is 2.48 bits per heavy atom. The van der Waals surface area contributed by atoms with E-state index in [4.69, 9.17) is 14.2 Å². The minimum Gasteiger partial charge on any atom is -0.481 e. The molecule has 1 aliphatic rings. The number of ether oxygens (including phenoxy) is 3. The SMILES string of the molecule is CCC1CCCC(CCOCCOCCOC)(C(=O)O)C1. The van der Waals surface area contributed by atoms with Gasteiger partial charge >= 0.3 is 5.97 Å². The number of carbonyl (C=O) groups is 1. The molecule has 0 aromatic rings. The predicted molar refractivity (Wildman–Crippen MR) is 80.4 cm³/mol. The van der Waals surface area contributed by atoms with Crippen molar-refractivity contribution in [2.24, 2.45) is 11.3 Å². The smallest absolute Gasteiger partial charge is 0.309 e. The molecule has 0 aromatic carbocycles. The van der Waals surface area contributed by atoms with E-state index in [2.05, 4.69) is 6.92 Å². The van der Waals surface area contributed by atoms with E-state index in [1.165, 1.54) is 6.42 Å². The van der Waals surface area contributed by atoms with Crippen LogP contribution in [0.15, 0.2) is 0 Å². The van der Waals surface area contributed by atoms with E-state index >= 15 is 0 Å². The highest BCUT2D eigenvalue weighted by atomic mass is 16.5. The molecule has 2 atom stereocenters. The first-order valence-electron chi connectivity index (χ1n) is 8.02. The van der Waals surface area contributed by atoms with Gasteiger partial charge in [-0.05, 0) is 25.2 Å². The molecule has 0 radical (unpaired) electrons. The summed E-state index contributed by atoms with van der Waals surface area (Å²) in [7, 11) is 1.64. The molecule has 1 fully saturated rings. The molecule has 0 aromatic heterocycles. The van der Waals surface area contributed by atoms with Gasteiger partial charge in [-0.15, -0.1) is 0 Å². The van der Waals surface area contributed by atoms with E-state index in [0.717, 1.165) is 25.7 Å². The van der Waals surface area contributed by atoms with Gasteiger partial charge in [-0.2, -0.15) is 0 Å². The van der Waals surface area contributed by atoms with Crippen molar-refractivity contribution in [1.82, 2.24) is 0 Å². The van der Waals surface area contributed by atoms with Crippen LogP contribution in [0, 0.1) is 11.3 Å². The molecule has 5 nitrogen and oxygen atoms in total. The van der Waals surface area contributed by atoms with Crippen LogP contribution < -0.4 is 0 Å². The number of aliphatic carboxylic acids is 1. The summed E-state index contributed by atoms with van der Waals surface area (Å²) >= 11 is 0.